The molecule has 2 aromatic heterocycles. The maximum absolute atomic E-state index is 13.5. The van der Waals surface area contributed by atoms with Crippen LogP contribution in [0.15, 0.2) is 23.4 Å². The molecule has 3 rings (SSSR count). The van der Waals surface area contributed by atoms with Gasteiger partial charge < -0.3 is 15.8 Å². The van der Waals surface area contributed by atoms with Crippen LogP contribution in [0.3, 0.4) is 0 Å². The molecular formula is C16H14F2N4O2S2. The molecule has 0 saturated heterocycles. The van der Waals surface area contributed by atoms with Crippen LogP contribution in [-0.2, 0) is 4.74 Å². The number of nitrogens with two attached hydrogens (primary N) is 1. The summed E-state index contributed by atoms with van der Waals surface area (Å²) < 4.78 is 31.6. The van der Waals surface area contributed by atoms with Crippen LogP contribution in [0.5, 0.6) is 0 Å². The average molecular weight is 396 g/mol. The number of carbonyl (C=O) groups excluding carboxylic acids is 1. The fourth-order valence-corrected chi connectivity index (χ4v) is 3.65. The third-order valence-electron chi connectivity index (χ3n) is 3.39. The Morgan fingerprint density at radius 1 is 1.35 bits per heavy atom. The quantitative estimate of drug-likeness (QED) is 0.380. The van der Waals surface area contributed by atoms with Gasteiger partial charge in [0, 0.05) is 11.8 Å². The molecule has 0 radical (unpaired) electrons. The number of benzene rings is 1. The van der Waals surface area contributed by atoms with Crippen LogP contribution >= 0.6 is 23.1 Å². The van der Waals surface area contributed by atoms with Gasteiger partial charge in [-0.1, -0.05) is 11.8 Å². The molecule has 3 aromatic rings. The molecular weight excluding hydrogens is 382 g/mol. The standard InChI is InChI=1S/C16H14F2N4O2S2/c1-3-24-15(23)12-11(19)10-13(21-16(25-2)22-14(10)26-12)20-7-4-5-8(17)9(18)6-7/h4-6H,3,19H2,1-2H3,(H,20,21,22). The van der Waals surface area contributed by atoms with Crippen LogP contribution in [0.2, 0.25) is 0 Å². The molecule has 3 N–H and O–H groups in total. The molecule has 0 unspecified atom stereocenters. The van der Waals surface area contributed by atoms with Gasteiger partial charge in [-0.25, -0.2) is 23.5 Å². The third-order valence-corrected chi connectivity index (χ3v) is 5.02. The number of nitrogens with zero attached hydrogens (tertiary/aromatic N) is 2. The predicted octanol–water partition coefficient (Wildman–Crippen LogP) is 4.19. The van der Waals surface area contributed by atoms with Crippen molar-refractivity contribution in [1.82, 2.24) is 9.97 Å². The van der Waals surface area contributed by atoms with E-state index in [9.17, 15) is 13.6 Å². The van der Waals surface area contributed by atoms with Crippen molar-refractivity contribution in [2.75, 3.05) is 23.9 Å². The molecule has 0 saturated carbocycles. The average Bonchev–Trinajstić information content (AvgIpc) is 2.95. The van der Waals surface area contributed by atoms with Gasteiger partial charge in [0.15, 0.2) is 16.8 Å². The Morgan fingerprint density at radius 2 is 2.12 bits per heavy atom. The first-order chi connectivity index (χ1) is 12.4. The van der Waals surface area contributed by atoms with Gasteiger partial charge in [-0.2, -0.15) is 0 Å². The molecule has 0 atom stereocenters. The second kappa shape index (κ2) is 7.42. The molecule has 0 aliphatic heterocycles. The topological polar surface area (TPSA) is 90.1 Å². The van der Waals surface area contributed by atoms with Gasteiger partial charge in [0.2, 0.25) is 0 Å². The molecule has 26 heavy (non-hydrogen) atoms. The lowest BCUT2D eigenvalue weighted by Gasteiger charge is -2.09. The highest BCUT2D eigenvalue weighted by Crippen LogP contribution is 2.39. The van der Waals surface area contributed by atoms with Gasteiger partial charge in [0.05, 0.1) is 17.7 Å². The summed E-state index contributed by atoms with van der Waals surface area (Å²) in [5.74, 6) is -2.18. The number of aromatic nitrogens is 2. The minimum absolute atomic E-state index is 0.182. The summed E-state index contributed by atoms with van der Waals surface area (Å²) in [7, 11) is 0. The van der Waals surface area contributed by atoms with Gasteiger partial charge in [-0.3, -0.25) is 0 Å². The molecule has 136 valence electrons. The van der Waals surface area contributed by atoms with Crippen LogP contribution in [0.4, 0.5) is 26.0 Å². The Morgan fingerprint density at radius 3 is 2.77 bits per heavy atom. The largest absolute Gasteiger partial charge is 0.462 e. The zero-order chi connectivity index (χ0) is 18.8. The minimum atomic E-state index is -0.990. The minimum Gasteiger partial charge on any atom is -0.462 e. The first-order valence-electron chi connectivity index (χ1n) is 7.47. The molecule has 0 spiro atoms. The Kier molecular flexibility index (Phi) is 5.23. The number of anilines is 3. The van der Waals surface area contributed by atoms with Gasteiger partial charge in [-0.15, -0.1) is 11.3 Å². The van der Waals surface area contributed by atoms with Gasteiger partial charge in [0.1, 0.15) is 15.5 Å². The molecule has 0 aliphatic carbocycles. The number of thioether (sulfide) groups is 1. The number of hydrogen-bond donors (Lipinski definition) is 2. The van der Waals surface area contributed by atoms with Crippen molar-refractivity contribution in [3.63, 3.8) is 0 Å². The molecule has 2 heterocycles. The van der Waals surface area contributed by atoms with Crippen molar-refractivity contribution in [2.45, 2.75) is 12.1 Å². The van der Waals surface area contributed by atoms with Crippen LogP contribution < -0.4 is 11.1 Å². The number of ether oxygens (including phenoxy) is 1. The van der Waals surface area contributed by atoms with E-state index in [1.165, 1.54) is 17.8 Å². The van der Waals surface area contributed by atoms with E-state index >= 15 is 0 Å². The van der Waals surface area contributed by atoms with Crippen LogP contribution in [-0.4, -0.2) is 28.8 Å². The Labute approximate surface area is 155 Å². The van der Waals surface area contributed by atoms with E-state index in [4.69, 9.17) is 10.5 Å². The number of carbonyl (C=O) groups is 1. The molecule has 0 fully saturated rings. The SMILES string of the molecule is CCOC(=O)c1sc2nc(SC)nc(Nc3ccc(F)c(F)c3)c2c1N. The number of esters is 1. The molecule has 0 bridgehead atoms. The van der Waals surface area contributed by atoms with E-state index in [0.717, 1.165) is 23.5 Å². The van der Waals surface area contributed by atoms with E-state index in [2.05, 4.69) is 15.3 Å². The zero-order valence-electron chi connectivity index (χ0n) is 13.8. The number of nitrogens with one attached hydrogen (secondary N) is 1. The van der Waals surface area contributed by atoms with Crippen molar-refractivity contribution >= 4 is 56.5 Å². The maximum atomic E-state index is 13.5. The summed E-state index contributed by atoms with van der Waals surface area (Å²) in [4.78, 5) is 21.5. The Balaban J connectivity index is 2.13. The van der Waals surface area contributed by atoms with E-state index in [0.29, 0.717) is 26.9 Å². The number of hydrogen-bond acceptors (Lipinski definition) is 8. The highest BCUT2D eigenvalue weighted by molar-refractivity contribution is 7.98. The summed E-state index contributed by atoms with van der Waals surface area (Å²) in [5.41, 5.74) is 6.59. The van der Waals surface area contributed by atoms with Crippen LogP contribution in [0.25, 0.3) is 10.2 Å². The molecule has 0 aliphatic rings. The van der Waals surface area contributed by atoms with E-state index < -0.39 is 17.6 Å². The summed E-state index contributed by atoms with van der Waals surface area (Å²) >= 11 is 2.39. The number of rotatable bonds is 5. The smallest absolute Gasteiger partial charge is 0.350 e. The first kappa shape index (κ1) is 18.3. The molecule has 6 nitrogen and oxygen atoms in total. The number of halogens is 2. The molecule has 1 aromatic carbocycles. The predicted molar refractivity (Wildman–Crippen MR) is 99.2 cm³/mol. The highest BCUT2D eigenvalue weighted by Gasteiger charge is 2.22. The second-order valence-corrected chi connectivity index (χ2v) is 6.83. The van der Waals surface area contributed by atoms with Gasteiger partial charge in [0.25, 0.3) is 0 Å². The summed E-state index contributed by atoms with van der Waals surface area (Å²) in [6.45, 7) is 1.91. The lowest BCUT2D eigenvalue weighted by atomic mass is 10.2. The van der Waals surface area contributed by atoms with E-state index in [1.807, 2.05) is 0 Å². The lowest BCUT2D eigenvalue weighted by Crippen LogP contribution is -2.05. The number of thiophene rings is 1. The maximum Gasteiger partial charge on any atom is 0.350 e. The third kappa shape index (κ3) is 3.42. The van der Waals surface area contributed by atoms with E-state index in [-0.39, 0.29) is 17.2 Å². The van der Waals surface area contributed by atoms with Crippen molar-refractivity contribution in [2.24, 2.45) is 0 Å². The summed E-state index contributed by atoms with van der Waals surface area (Å²) in [6, 6.07) is 3.39. The van der Waals surface area contributed by atoms with Crippen molar-refractivity contribution in [1.29, 1.82) is 0 Å². The highest BCUT2D eigenvalue weighted by atomic mass is 32.2. The first-order valence-corrected chi connectivity index (χ1v) is 9.51. The number of nitrogen functional groups attached to an aromatic ring is 1. The Hall–Kier alpha value is -2.46. The van der Waals surface area contributed by atoms with Gasteiger partial charge in [-0.05, 0) is 25.3 Å². The van der Waals surface area contributed by atoms with Crippen LogP contribution in [0.1, 0.15) is 16.6 Å². The monoisotopic (exact) mass is 396 g/mol. The number of fused-ring (bicyclic) bond motifs is 1. The summed E-state index contributed by atoms with van der Waals surface area (Å²) in [5, 5.41) is 3.79. The van der Waals surface area contributed by atoms with Crippen molar-refractivity contribution in [3.8, 4) is 0 Å². The Bertz CT molecular complexity index is 994. The fraction of sp³-hybridized carbons (Fsp3) is 0.188. The van der Waals surface area contributed by atoms with Gasteiger partial charge >= 0.3 is 5.97 Å². The van der Waals surface area contributed by atoms with Crippen molar-refractivity contribution in [3.05, 3.63) is 34.7 Å². The molecule has 10 heteroatoms. The second-order valence-electron chi connectivity index (χ2n) is 5.06. The lowest BCUT2D eigenvalue weighted by molar-refractivity contribution is 0.0533. The zero-order valence-corrected chi connectivity index (χ0v) is 15.4. The normalized spacial score (nSPS) is 10.9. The van der Waals surface area contributed by atoms with E-state index in [1.54, 1.807) is 13.2 Å². The van der Waals surface area contributed by atoms with Crippen molar-refractivity contribution < 1.29 is 18.3 Å². The molecule has 0 amide bonds. The fourth-order valence-electron chi connectivity index (χ4n) is 2.24. The summed E-state index contributed by atoms with van der Waals surface area (Å²) in [6.07, 6.45) is 1.80. The van der Waals surface area contributed by atoms with Crippen LogP contribution in [0, 0.1) is 11.6 Å².